The monoisotopic (exact) mass is 241 g/mol. The highest BCUT2D eigenvalue weighted by molar-refractivity contribution is 5.23. The van der Waals surface area contributed by atoms with Gasteiger partial charge in [0.2, 0.25) is 0 Å². The van der Waals surface area contributed by atoms with Crippen molar-refractivity contribution in [1.29, 1.82) is 0 Å². The zero-order valence-corrected chi connectivity index (χ0v) is 9.10. The molecule has 0 radical (unpaired) electrons. The molecule has 1 aromatic heterocycles. The minimum Gasteiger partial charge on any atom is -0.396 e. The first-order valence-electron chi connectivity index (χ1n) is 5.36. The third kappa shape index (κ3) is 2.04. The lowest BCUT2D eigenvalue weighted by Crippen LogP contribution is -2.35. The summed E-state index contributed by atoms with van der Waals surface area (Å²) in [5.41, 5.74) is 4.80. The predicted molar refractivity (Wildman–Crippen MR) is 59.2 cm³/mol. The summed E-state index contributed by atoms with van der Waals surface area (Å²) < 4.78 is 1.24. The largest absolute Gasteiger partial charge is 0.396 e. The topological polar surface area (TPSA) is 122 Å². The maximum absolute atomic E-state index is 11.6. The van der Waals surface area contributed by atoms with Crippen LogP contribution in [0.1, 0.15) is 12.5 Å². The summed E-state index contributed by atoms with van der Waals surface area (Å²) in [6.45, 7) is -0.230. The van der Waals surface area contributed by atoms with Crippen molar-refractivity contribution in [1.82, 2.24) is 9.55 Å². The van der Waals surface area contributed by atoms with Crippen molar-refractivity contribution < 1.29 is 15.3 Å². The summed E-state index contributed by atoms with van der Waals surface area (Å²) in [5.74, 6) is -0.322. The van der Waals surface area contributed by atoms with Gasteiger partial charge >= 0.3 is 5.69 Å². The van der Waals surface area contributed by atoms with E-state index >= 15 is 0 Å². The summed E-state index contributed by atoms with van der Waals surface area (Å²) in [6.07, 6.45) is -0.361. The van der Waals surface area contributed by atoms with Crippen molar-refractivity contribution in [2.24, 2.45) is 5.92 Å². The van der Waals surface area contributed by atoms with Crippen LogP contribution in [0.3, 0.4) is 0 Å². The van der Waals surface area contributed by atoms with E-state index in [0.717, 1.165) is 0 Å². The number of hydrogen-bond donors (Lipinski definition) is 4. The number of nitrogens with zero attached hydrogens (tertiary/aromatic N) is 2. The molecule has 1 heterocycles. The van der Waals surface area contributed by atoms with E-state index in [1.807, 2.05) is 0 Å². The highest BCUT2D eigenvalue weighted by Gasteiger charge is 2.42. The Morgan fingerprint density at radius 2 is 2.18 bits per heavy atom. The molecule has 94 valence electrons. The van der Waals surface area contributed by atoms with E-state index in [-0.39, 0.29) is 12.4 Å². The summed E-state index contributed by atoms with van der Waals surface area (Å²) in [6, 6.07) is 0.870. The molecular formula is C10H15N3O4. The van der Waals surface area contributed by atoms with Crippen molar-refractivity contribution in [3.05, 3.63) is 22.7 Å². The van der Waals surface area contributed by atoms with Crippen LogP contribution in [0.2, 0.25) is 0 Å². The van der Waals surface area contributed by atoms with Crippen LogP contribution in [0.5, 0.6) is 0 Å². The van der Waals surface area contributed by atoms with Crippen molar-refractivity contribution in [3.63, 3.8) is 0 Å². The molecule has 7 nitrogen and oxygen atoms in total. The van der Waals surface area contributed by atoms with Gasteiger partial charge < -0.3 is 21.1 Å². The van der Waals surface area contributed by atoms with Crippen molar-refractivity contribution >= 4 is 5.82 Å². The fourth-order valence-corrected chi connectivity index (χ4v) is 2.23. The van der Waals surface area contributed by atoms with Gasteiger partial charge in [-0.2, -0.15) is 4.98 Å². The van der Waals surface area contributed by atoms with Gasteiger partial charge in [-0.3, -0.25) is 4.57 Å². The number of aromatic nitrogens is 2. The van der Waals surface area contributed by atoms with Gasteiger partial charge in [-0.25, -0.2) is 4.79 Å². The van der Waals surface area contributed by atoms with Crippen LogP contribution in [0.25, 0.3) is 0 Å². The average molecular weight is 241 g/mol. The second kappa shape index (κ2) is 4.44. The number of rotatable bonds is 2. The first kappa shape index (κ1) is 12.0. The molecule has 4 atom stereocenters. The predicted octanol–water partition coefficient (Wildman–Crippen LogP) is -1.90. The van der Waals surface area contributed by atoms with E-state index in [1.54, 1.807) is 0 Å². The van der Waals surface area contributed by atoms with E-state index in [2.05, 4.69) is 4.98 Å². The number of anilines is 1. The molecule has 1 fully saturated rings. The molecule has 2 unspecified atom stereocenters. The van der Waals surface area contributed by atoms with E-state index in [4.69, 9.17) is 10.8 Å². The summed E-state index contributed by atoms with van der Waals surface area (Å²) in [5, 5.41) is 28.5. The Kier molecular flexibility index (Phi) is 3.14. The van der Waals surface area contributed by atoms with Crippen LogP contribution < -0.4 is 11.4 Å². The third-order valence-corrected chi connectivity index (χ3v) is 3.21. The smallest absolute Gasteiger partial charge is 0.349 e. The van der Waals surface area contributed by atoms with Crippen LogP contribution in [-0.2, 0) is 0 Å². The number of hydrogen-bond acceptors (Lipinski definition) is 6. The molecule has 1 aliphatic carbocycles. The number of aliphatic hydroxyl groups is 3. The fraction of sp³-hybridized carbons (Fsp3) is 0.600. The quantitative estimate of drug-likeness (QED) is 0.480. The normalized spacial score (nSPS) is 32.9. The third-order valence-electron chi connectivity index (χ3n) is 3.21. The van der Waals surface area contributed by atoms with E-state index < -0.39 is 29.9 Å². The van der Waals surface area contributed by atoms with Gasteiger partial charge in [0, 0.05) is 18.7 Å². The van der Waals surface area contributed by atoms with E-state index in [0.29, 0.717) is 6.42 Å². The van der Waals surface area contributed by atoms with Gasteiger partial charge in [0.15, 0.2) is 0 Å². The molecular weight excluding hydrogens is 226 g/mol. The minimum atomic E-state index is -1.09. The summed E-state index contributed by atoms with van der Waals surface area (Å²) in [4.78, 5) is 15.1. The molecule has 0 spiro atoms. The average Bonchev–Trinajstić information content (AvgIpc) is 2.57. The Balaban J connectivity index is 2.32. The van der Waals surface area contributed by atoms with Crippen LogP contribution in [-0.4, -0.2) is 43.7 Å². The minimum absolute atomic E-state index is 0.109. The van der Waals surface area contributed by atoms with Crippen LogP contribution in [0.4, 0.5) is 5.82 Å². The van der Waals surface area contributed by atoms with Gasteiger partial charge in [0.25, 0.3) is 0 Å². The molecule has 0 bridgehead atoms. The molecule has 1 saturated carbocycles. The maximum atomic E-state index is 11.6. The standard InChI is InChI=1S/C10H15N3O4/c11-7-1-2-13(10(17)12-7)6-3-5(4-14)8(15)9(6)16/h1-2,5-6,8-9,14-16H,3-4H2,(H2,11,12,17)/t5-,6-,8?,9?/m1/s1. The second-order valence-corrected chi connectivity index (χ2v) is 4.27. The van der Waals surface area contributed by atoms with Gasteiger partial charge in [0.1, 0.15) is 11.9 Å². The van der Waals surface area contributed by atoms with Crippen molar-refractivity contribution in [2.75, 3.05) is 12.3 Å². The van der Waals surface area contributed by atoms with Gasteiger partial charge in [-0.1, -0.05) is 0 Å². The molecule has 7 heteroatoms. The lowest BCUT2D eigenvalue weighted by atomic mass is 10.1. The Hall–Kier alpha value is -1.44. The van der Waals surface area contributed by atoms with E-state index in [9.17, 15) is 15.0 Å². The van der Waals surface area contributed by atoms with Gasteiger partial charge in [-0.05, 0) is 12.5 Å². The molecule has 1 aromatic rings. The summed E-state index contributed by atoms with van der Waals surface area (Å²) >= 11 is 0. The SMILES string of the molecule is Nc1ccn([C@@H]2C[C@H](CO)C(O)C2O)c(=O)n1. The highest BCUT2D eigenvalue weighted by atomic mass is 16.3. The summed E-state index contributed by atoms with van der Waals surface area (Å²) in [7, 11) is 0. The molecule has 5 N–H and O–H groups in total. The van der Waals surface area contributed by atoms with Crippen molar-refractivity contribution in [2.45, 2.75) is 24.7 Å². The molecule has 0 aromatic carbocycles. The lowest BCUT2D eigenvalue weighted by molar-refractivity contribution is -0.00453. The number of nitrogen functional groups attached to an aromatic ring is 1. The highest BCUT2D eigenvalue weighted by Crippen LogP contribution is 2.34. The van der Waals surface area contributed by atoms with Crippen LogP contribution >= 0.6 is 0 Å². The fourth-order valence-electron chi connectivity index (χ4n) is 2.23. The first-order valence-corrected chi connectivity index (χ1v) is 5.36. The van der Waals surface area contributed by atoms with E-state index in [1.165, 1.54) is 16.8 Å². The molecule has 0 saturated heterocycles. The number of aliphatic hydroxyl groups excluding tert-OH is 3. The van der Waals surface area contributed by atoms with Gasteiger partial charge in [0.05, 0.1) is 12.1 Å². The Bertz CT molecular complexity index is 461. The Morgan fingerprint density at radius 1 is 1.47 bits per heavy atom. The molecule has 17 heavy (non-hydrogen) atoms. The zero-order valence-electron chi connectivity index (χ0n) is 9.10. The van der Waals surface area contributed by atoms with Crippen LogP contribution in [0.15, 0.2) is 17.1 Å². The van der Waals surface area contributed by atoms with Crippen LogP contribution in [0, 0.1) is 5.92 Å². The maximum Gasteiger partial charge on any atom is 0.349 e. The van der Waals surface area contributed by atoms with Gasteiger partial charge in [-0.15, -0.1) is 0 Å². The zero-order chi connectivity index (χ0) is 12.6. The molecule has 1 aliphatic rings. The second-order valence-electron chi connectivity index (χ2n) is 4.27. The molecule has 2 rings (SSSR count). The molecule has 0 aliphatic heterocycles. The molecule has 0 amide bonds. The Morgan fingerprint density at radius 3 is 2.71 bits per heavy atom. The first-order chi connectivity index (χ1) is 8.04. The number of nitrogens with two attached hydrogens (primary N) is 1. The lowest BCUT2D eigenvalue weighted by Gasteiger charge is -2.18. The Labute approximate surface area is 97.1 Å². The van der Waals surface area contributed by atoms with Crippen molar-refractivity contribution in [3.8, 4) is 0 Å².